The summed E-state index contributed by atoms with van der Waals surface area (Å²) in [5.74, 6) is 0. The summed E-state index contributed by atoms with van der Waals surface area (Å²) in [4.78, 5) is 8.77. The largest absolute Gasteiger partial charge is 0.433 e. The highest BCUT2D eigenvalue weighted by Crippen LogP contribution is 2.33. The lowest BCUT2D eigenvalue weighted by molar-refractivity contribution is -0.141. The first-order chi connectivity index (χ1) is 15.5. The second-order valence-electron chi connectivity index (χ2n) is 7.10. The van der Waals surface area contributed by atoms with Gasteiger partial charge in [0, 0.05) is 23.2 Å². The van der Waals surface area contributed by atoms with Crippen molar-refractivity contribution < 1.29 is 31.1 Å². The molecule has 0 saturated heterocycles. The molecule has 0 spiro atoms. The third kappa shape index (κ3) is 6.30. The van der Waals surface area contributed by atoms with E-state index in [1.807, 2.05) is 0 Å². The second-order valence-corrected chi connectivity index (χ2v) is 8.19. The number of alkyl halides is 6. The minimum atomic E-state index is -4.62. The van der Waals surface area contributed by atoms with E-state index in [1.54, 1.807) is 6.92 Å². The van der Waals surface area contributed by atoms with Crippen molar-refractivity contribution >= 4 is 11.3 Å². The van der Waals surface area contributed by atoms with E-state index in [1.165, 1.54) is 29.5 Å². The van der Waals surface area contributed by atoms with Crippen LogP contribution in [-0.4, -0.2) is 16.6 Å². The van der Waals surface area contributed by atoms with E-state index >= 15 is 0 Å². The Hall–Kier alpha value is -2.97. The van der Waals surface area contributed by atoms with Gasteiger partial charge in [-0.1, -0.05) is 6.07 Å². The van der Waals surface area contributed by atoms with Crippen LogP contribution in [-0.2, 0) is 30.1 Å². The average Bonchev–Trinajstić information content (AvgIpc) is 3.12. The molecule has 1 aromatic carbocycles. The van der Waals surface area contributed by atoms with E-state index in [4.69, 9.17) is 10.00 Å². The molecule has 0 saturated carbocycles. The number of nitriles is 1. The predicted molar refractivity (Wildman–Crippen MR) is 109 cm³/mol. The quantitative estimate of drug-likeness (QED) is 0.281. The van der Waals surface area contributed by atoms with Crippen LogP contribution in [0.3, 0.4) is 0 Å². The molecule has 0 N–H and O–H groups in total. The predicted octanol–water partition coefficient (Wildman–Crippen LogP) is 6.57. The molecule has 0 amide bonds. The van der Waals surface area contributed by atoms with Crippen molar-refractivity contribution in [2.45, 2.75) is 38.7 Å². The number of hydrogen-bond acceptors (Lipinski definition) is 5. The van der Waals surface area contributed by atoms with Gasteiger partial charge >= 0.3 is 12.4 Å². The van der Waals surface area contributed by atoms with Gasteiger partial charge < -0.3 is 4.74 Å². The van der Waals surface area contributed by atoms with Crippen LogP contribution in [0, 0.1) is 18.3 Å². The van der Waals surface area contributed by atoms with E-state index in [2.05, 4.69) is 9.97 Å². The van der Waals surface area contributed by atoms with Crippen LogP contribution in [0.25, 0.3) is 10.6 Å². The van der Waals surface area contributed by atoms with Gasteiger partial charge in [0.05, 0.1) is 29.5 Å². The molecule has 0 fully saturated rings. The Bertz CT molecular complexity index is 1150. The summed E-state index contributed by atoms with van der Waals surface area (Å²) >= 11 is 1.35. The van der Waals surface area contributed by atoms with Crippen LogP contribution in [0.2, 0.25) is 0 Å². The molecular weight excluding hydrogens is 468 g/mol. The number of aryl methyl sites for hydroxylation is 2. The fourth-order valence-electron chi connectivity index (χ4n) is 3.01. The van der Waals surface area contributed by atoms with Crippen molar-refractivity contribution in [2.24, 2.45) is 0 Å². The number of aromatic nitrogens is 2. The van der Waals surface area contributed by atoms with Gasteiger partial charge in [-0.15, -0.1) is 11.3 Å². The molecule has 0 aliphatic heterocycles. The van der Waals surface area contributed by atoms with E-state index in [0.717, 1.165) is 35.0 Å². The topological polar surface area (TPSA) is 58.8 Å². The SMILES string of the molecule is Cc1nc(-c2ccc(C(F)(F)F)nc2)sc1CCCOCc1ccc(C#N)c(C(F)(F)F)c1. The van der Waals surface area contributed by atoms with Crippen molar-refractivity contribution in [1.29, 1.82) is 5.26 Å². The standard InChI is InChI=1S/C22H17F6N3OS/c1-13-18(33-20(31-13)16-6-7-19(30-11-16)22(26,27)28)3-2-8-32-12-14-4-5-15(10-29)17(9-14)21(23,24)25/h4-7,9,11H,2-3,8,12H2,1H3. The molecular formula is C22H17F6N3OS. The Kier molecular flexibility index (Phi) is 7.39. The molecule has 174 valence electrons. The summed E-state index contributed by atoms with van der Waals surface area (Å²) in [7, 11) is 0. The van der Waals surface area contributed by atoms with Gasteiger partial charge in [-0.2, -0.15) is 31.6 Å². The van der Waals surface area contributed by atoms with Crippen molar-refractivity contribution in [3.05, 3.63) is 69.5 Å². The molecule has 3 rings (SSSR count). The van der Waals surface area contributed by atoms with Crippen molar-refractivity contribution in [2.75, 3.05) is 6.61 Å². The Morgan fingerprint density at radius 2 is 1.82 bits per heavy atom. The Balaban J connectivity index is 1.54. The van der Waals surface area contributed by atoms with E-state index in [9.17, 15) is 26.3 Å². The Morgan fingerprint density at radius 1 is 1.06 bits per heavy atom. The summed E-state index contributed by atoms with van der Waals surface area (Å²) in [6.07, 6.45) is -6.81. The van der Waals surface area contributed by atoms with Gasteiger partial charge in [0.25, 0.3) is 0 Å². The maximum atomic E-state index is 13.0. The normalized spacial score (nSPS) is 12.1. The fraction of sp³-hybridized carbons (Fsp3) is 0.318. The molecule has 11 heteroatoms. The average molecular weight is 485 g/mol. The van der Waals surface area contributed by atoms with Crippen LogP contribution in [0.1, 0.15) is 39.4 Å². The molecule has 3 aromatic rings. The third-order valence-electron chi connectivity index (χ3n) is 4.66. The zero-order chi connectivity index (χ0) is 24.2. The van der Waals surface area contributed by atoms with Gasteiger partial charge in [-0.3, -0.25) is 4.98 Å². The van der Waals surface area contributed by atoms with Gasteiger partial charge in [0.15, 0.2) is 0 Å². The number of pyridine rings is 1. The molecule has 0 bridgehead atoms. The van der Waals surface area contributed by atoms with Crippen LogP contribution in [0.5, 0.6) is 0 Å². The lowest BCUT2D eigenvalue weighted by Gasteiger charge is -2.11. The number of thiazole rings is 1. The van der Waals surface area contributed by atoms with Gasteiger partial charge in [-0.05, 0) is 49.6 Å². The fourth-order valence-corrected chi connectivity index (χ4v) is 4.10. The number of nitrogens with zero attached hydrogens (tertiary/aromatic N) is 3. The maximum absolute atomic E-state index is 13.0. The summed E-state index contributed by atoms with van der Waals surface area (Å²) in [5.41, 5.74) is -0.853. The monoisotopic (exact) mass is 485 g/mol. The number of hydrogen-bond donors (Lipinski definition) is 0. The number of rotatable bonds is 7. The minimum Gasteiger partial charge on any atom is -0.377 e. The van der Waals surface area contributed by atoms with Gasteiger partial charge in [-0.25, -0.2) is 4.98 Å². The van der Waals surface area contributed by atoms with Gasteiger partial charge in [0.2, 0.25) is 0 Å². The van der Waals surface area contributed by atoms with E-state index in [0.29, 0.717) is 29.0 Å². The maximum Gasteiger partial charge on any atom is 0.433 e. The first kappa shape index (κ1) is 24.7. The number of halogens is 6. The highest BCUT2D eigenvalue weighted by Gasteiger charge is 2.34. The van der Waals surface area contributed by atoms with E-state index < -0.39 is 29.2 Å². The molecule has 4 nitrogen and oxygen atoms in total. The summed E-state index contributed by atoms with van der Waals surface area (Å²) in [6, 6.07) is 7.23. The number of ether oxygens (including phenoxy) is 1. The van der Waals surface area contributed by atoms with Crippen molar-refractivity contribution in [3.8, 4) is 16.6 Å². The Labute approximate surface area is 189 Å². The molecule has 0 unspecified atom stereocenters. The Morgan fingerprint density at radius 3 is 2.42 bits per heavy atom. The molecule has 2 heterocycles. The van der Waals surface area contributed by atoms with E-state index in [-0.39, 0.29) is 13.2 Å². The van der Waals surface area contributed by atoms with Crippen LogP contribution in [0.4, 0.5) is 26.3 Å². The lowest BCUT2D eigenvalue weighted by Crippen LogP contribution is -2.09. The highest BCUT2D eigenvalue weighted by molar-refractivity contribution is 7.15. The van der Waals surface area contributed by atoms with Crippen LogP contribution in [0.15, 0.2) is 36.5 Å². The highest BCUT2D eigenvalue weighted by atomic mass is 32.1. The smallest absolute Gasteiger partial charge is 0.377 e. The summed E-state index contributed by atoms with van der Waals surface area (Å²) in [6.45, 7) is 2.05. The zero-order valence-electron chi connectivity index (χ0n) is 17.2. The van der Waals surface area contributed by atoms with Gasteiger partial charge in [0.1, 0.15) is 10.7 Å². The first-order valence-corrected chi connectivity index (χ1v) is 10.5. The summed E-state index contributed by atoms with van der Waals surface area (Å²) < 4.78 is 82.5. The molecule has 0 atom stereocenters. The van der Waals surface area contributed by atoms with Crippen molar-refractivity contribution in [3.63, 3.8) is 0 Å². The van der Waals surface area contributed by atoms with Crippen LogP contribution >= 0.6 is 11.3 Å². The second kappa shape index (κ2) is 9.89. The molecule has 0 radical (unpaired) electrons. The molecule has 0 aliphatic rings. The number of benzene rings is 1. The first-order valence-electron chi connectivity index (χ1n) is 9.67. The van der Waals surface area contributed by atoms with Crippen molar-refractivity contribution in [1.82, 2.24) is 9.97 Å². The molecule has 0 aliphatic carbocycles. The summed E-state index contributed by atoms with van der Waals surface area (Å²) in [5, 5.41) is 9.39. The third-order valence-corrected chi connectivity index (χ3v) is 5.93. The lowest BCUT2D eigenvalue weighted by atomic mass is 10.0. The minimum absolute atomic E-state index is 0.0288. The molecule has 33 heavy (non-hydrogen) atoms. The zero-order valence-corrected chi connectivity index (χ0v) is 18.0. The molecule has 2 aromatic heterocycles. The van der Waals surface area contributed by atoms with Crippen LogP contribution < -0.4 is 0 Å².